The number of ether oxygens (including phenoxy) is 3. The van der Waals surface area contributed by atoms with Crippen LogP contribution in [-0.2, 0) is 23.8 Å². The molecule has 2 amide bonds. The first-order chi connectivity index (χ1) is 15.9. The van der Waals surface area contributed by atoms with Gasteiger partial charge in [0.25, 0.3) is 5.91 Å². The molecule has 1 aromatic rings. The first-order valence-electron chi connectivity index (χ1n) is 11.3. The van der Waals surface area contributed by atoms with Crippen molar-refractivity contribution in [2.45, 2.75) is 58.2 Å². The highest BCUT2D eigenvalue weighted by atomic mass is 35.5. The molecule has 10 heteroatoms. The summed E-state index contributed by atoms with van der Waals surface area (Å²) in [6, 6.07) is 5.85. The van der Waals surface area contributed by atoms with Gasteiger partial charge in [-0.15, -0.1) is 0 Å². The Balaban J connectivity index is 1.93. The molecule has 2 fully saturated rings. The second kappa shape index (κ2) is 9.82. The molecule has 0 heterocycles. The van der Waals surface area contributed by atoms with Crippen LogP contribution in [0.5, 0.6) is 0 Å². The van der Waals surface area contributed by atoms with Gasteiger partial charge < -0.3 is 24.8 Å². The highest BCUT2D eigenvalue weighted by Crippen LogP contribution is 2.63. The second-order valence-electron chi connectivity index (χ2n) is 9.49. The smallest absolute Gasteiger partial charge is 0.408 e. The van der Waals surface area contributed by atoms with Gasteiger partial charge in [0.1, 0.15) is 11.1 Å². The van der Waals surface area contributed by atoms with Crippen LogP contribution in [0.15, 0.2) is 24.3 Å². The van der Waals surface area contributed by atoms with Crippen molar-refractivity contribution in [1.82, 2.24) is 10.6 Å². The normalized spacial score (nSPS) is 27.2. The fraction of sp³-hybridized carbons (Fsp3) is 0.583. The van der Waals surface area contributed by atoms with E-state index in [1.165, 1.54) is 6.07 Å². The number of benzene rings is 1. The Hall–Kier alpha value is -2.81. The molecule has 34 heavy (non-hydrogen) atoms. The molecule has 0 aromatic heterocycles. The first-order valence-corrected chi connectivity index (χ1v) is 11.7. The Morgan fingerprint density at radius 2 is 1.79 bits per heavy atom. The third kappa shape index (κ3) is 5.29. The van der Waals surface area contributed by atoms with Crippen LogP contribution in [-0.4, -0.2) is 54.3 Å². The van der Waals surface area contributed by atoms with Gasteiger partial charge in [-0.25, -0.2) is 9.59 Å². The summed E-state index contributed by atoms with van der Waals surface area (Å²) >= 11 is 6.01. The number of amides is 2. The predicted molar refractivity (Wildman–Crippen MR) is 123 cm³/mol. The van der Waals surface area contributed by atoms with Crippen molar-refractivity contribution < 1.29 is 33.4 Å². The number of halogens is 1. The quantitative estimate of drug-likeness (QED) is 0.441. The number of carbonyl (C=O) groups is 4. The van der Waals surface area contributed by atoms with E-state index in [0.717, 1.165) is 0 Å². The zero-order chi connectivity index (χ0) is 25.3. The monoisotopic (exact) mass is 494 g/mol. The van der Waals surface area contributed by atoms with Crippen molar-refractivity contribution in [2.75, 3.05) is 13.2 Å². The summed E-state index contributed by atoms with van der Waals surface area (Å²) in [5.41, 5.74) is -2.01. The minimum atomic E-state index is -1.55. The van der Waals surface area contributed by atoms with E-state index in [0.29, 0.717) is 10.6 Å². The number of nitrogens with one attached hydrogen (secondary N) is 2. The maximum Gasteiger partial charge on any atom is 0.408 e. The van der Waals surface area contributed by atoms with Crippen LogP contribution in [0, 0.1) is 17.8 Å². The highest BCUT2D eigenvalue weighted by Gasteiger charge is 2.76. The van der Waals surface area contributed by atoms with E-state index in [9.17, 15) is 19.2 Å². The van der Waals surface area contributed by atoms with Gasteiger partial charge in [0.05, 0.1) is 19.1 Å². The number of esters is 2. The van der Waals surface area contributed by atoms with Crippen molar-refractivity contribution in [2.24, 2.45) is 17.8 Å². The lowest BCUT2D eigenvalue weighted by Gasteiger charge is -2.33. The van der Waals surface area contributed by atoms with E-state index in [2.05, 4.69) is 10.6 Å². The molecule has 5 unspecified atom stereocenters. The summed E-state index contributed by atoms with van der Waals surface area (Å²) in [4.78, 5) is 51.5. The predicted octanol–water partition coefficient (Wildman–Crippen LogP) is 3.09. The number of carbonyl (C=O) groups excluding carboxylic acids is 4. The molecule has 2 N–H and O–H groups in total. The van der Waals surface area contributed by atoms with Gasteiger partial charge in [0, 0.05) is 29.0 Å². The van der Waals surface area contributed by atoms with E-state index in [-0.39, 0.29) is 19.6 Å². The zero-order valence-corrected chi connectivity index (χ0v) is 20.7. The minimum absolute atomic E-state index is 0.0443. The van der Waals surface area contributed by atoms with Crippen molar-refractivity contribution in [3.63, 3.8) is 0 Å². The summed E-state index contributed by atoms with van der Waals surface area (Å²) in [5.74, 6) is -3.28. The Bertz CT molecular complexity index is 976. The van der Waals surface area contributed by atoms with Crippen LogP contribution in [0.2, 0.25) is 5.02 Å². The number of hydrogen-bond donors (Lipinski definition) is 2. The number of alkyl carbamates (subject to hydrolysis) is 1. The van der Waals surface area contributed by atoms with Gasteiger partial charge >= 0.3 is 18.0 Å². The molecule has 0 saturated heterocycles. The molecule has 0 radical (unpaired) electrons. The lowest BCUT2D eigenvalue weighted by Crippen LogP contribution is -2.59. The van der Waals surface area contributed by atoms with Crippen molar-refractivity contribution in [3.8, 4) is 0 Å². The average Bonchev–Trinajstić information content (AvgIpc) is 3.40. The Labute approximate surface area is 203 Å². The molecule has 2 aliphatic carbocycles. The van der Waals surface area contributed by atoms with Crippen LogP contribution < -0.4 is 10.6 Å². The summed E-state index contributed by atoms with van der Waals surface area (Å²) in [6.07, 6.45) is -0.765. The molecule has 9 nitrogen and oxygen atoms in total. The molecule has 3 rings (SSSR count). The SMILES string of the molecule is CCOC(=O)C1C2C(NC(=O)c3cccc(Cl)c3)CC(NC(=O)OC(C)(C)C)(C(=O)OCC)C12. The maximum atomic E-state index is 13.2. The van der Waals surface area contributed by atoms with Gasteiger partial charge in [0.15, 0.2) is 0 Å². The molecule has 0 bridgehead atoms. The second-order valence-corrected chi connectivity index (χ2v) is 9.93. The largest absolute Gasteiger partial charge is 0.466 e. The lowest BCUT2D eigenvalue weighted by molar-refractivity contribution is -0.153. The standard InChI is InChI=1S/C24H31ClN2O7/c1-6-32-20(29)17-16-15(26-19(28)13-9-8-10-14(25)11-13)12-24(18(16)17,21(30)33-7-2)27-22(31)34-23(3,4)5/h8-11,15-18H,6-7,12H2,1-5H3,(H,26,28)(H,27,31). The van der Waals surface area contributed by atoms with Gasteiger partial charge in [-0.2, -0.15) is 0 Å². The number of rotatable bonds is 7. The Kier molecular flexibility index (Phi) is 7.45. The Morgan fingerprint density at radius 1 is 1.12 bits per heavy atom. The van der Waals surface area contributed by atoms with Crippen molar-refractivity contribution >= 4 is 35.5 Å². The molecule has 5 atom stereocenters. The molecule has 1 aromatic carbocycles. The number of hydrogen-bond acceptors (Lipinski definition) is 7. The lowest BCUT2D eigenvalue weighted by atomic mass is 9.88. The van der Waals surface area contributed by atoms with Crippen LogP contribution in [0.1, 0.15) is 51.4 Å². The van der Waals surface area contributed by atoms with Crippen LogP contribution in [0.25, 0.3) is 0 Å². The molecule has 2 aliphatic rings. The fourth-order valence-electron chi connectivity index (χ4n) is 4.81. The summed E-state index contributed by atoms with van der Waals surface area (Å²) < 4.78 is 15.9. The topological polar surface area (TPSA) is 120 Å². The summed E-state index contributed by atoms with van der Waals surface area (Å²) in [6.45, 7) is 8.69. The molecule has 0 aliphatic heterocycles. The minimum Gasteiger partial charge on any atom is -0.466 e. The van der Waals surface area contributed by atoms with Crippen molar-refractivity contribution in [1.29, 1.82) is 0 Å². The molecular formula is C24H31ClN2O7. The van der Waals surface area contributed by atoms with Crippen molar-refractivity contribution in [3.05, 3.63) is 34.9 Å². The fourth-order valence-corrected chi connectivity index (χ4v) is 5.00. The third-order valence-electron chi connectivity index (χ3n) is 5.98. The molecule has 0 spiro atoms. The zero-order valence-electron chi connectivity index (χ0n) is 20.0. The third-order valence-corrected chi connectivity index (χ3v) is 6.21. The van der Waals surface area contributed by atoms with Gasteiger partial charge in [-0.05, 0) is 58.7 Å². The van der Waals surface area contributed by atoms with Gasteiger partial charge in [-0.1, -0.05) is 17.7 Å². The number of fused-ring (bicyclic) bond motifs is 1. The maximum absolute atomic E-state index is 13.2. The van der Waals surface area contributed by atoms with Crippen LogP contribution in [0.3, 0.4) is 0 Å². The molecule has 2 saturated carbocycles. The Morgan fingerprint density at radius 3 is 2.38 bits per heavy atom. The van der Waals surface area contributed by atoms with Crippen LogP contribution >= 0.6 is 11.6 Å². The summed E-state index contributed by atoms with van der Waals surface area (Å²) in [5, 5.41) is 6.00. The molecule has 186 valence electrons. The van der Waals surface area contributed by atoms with E-state index in [1.54, 1.807) is 52.8 Å². The van der Waals surface area contributed by atoms with Crippen LogP contribution in [0.4, 0.5) is 4.79 Å². The first kappa shape index (κ1) is 25.8. The average molecular weight is 495 g/mol. The molecular weight excluding hydrogens is 464 g/mol. The van der Waals surface area contributed by atoms with E-state index >= 15 is 0 Å². The van der Waals surface area contributed by atoms with E-state index < -0.39 is 58.9 Å². The van der Waals surface area contributed by atoms with Gasteiger partial charge in [0.2, 0.25) is 0 Å². The highest BCUT2D eigenvalue weighted by molar-refractivity contribution is 6.31. The van der Waals surface area contributed by atoms with Gasteiger partial charge in [-0.3, -0.25) is 9.59 Å². The van der Waals surface area contributed by atoms with E-state index in [4.69, 9.17) is 25.8 Å². The summed E-state index contributed by atoms with van der Waals surface area (Å²) in [7, 11) is 0. The van der Waals surface area contributed by atoms with E-state index in [1.807, 2.05) is 0 Å².